The maximum absolute atomic E-state index is 13.0. The van der Waals surface area contributed by atoms with E-state index in [1.165, 1.54) is 6.07 Å². The second-order valence-corrected chi connectivity index (χ2v) is 5.29. The van der Waals surface area contributed by atoms with Crippen molar-refractivity contribution < 1.29 is 22.6 Å². The molecule has 3 nitrogen and oxygen atoms in total. The largest absolute Gasteiger partial charge is 0.490 e. The molecule has 1 aliphatic rings. The highest BCUT2D eigenvalue weighted by molar-refractivity contribution is 5.37. The maximum atomic E-state index is 13.0. The number of methoxy groups -OCH3 is 1. The minimum atomic E-state index is -4.42. The van der Waals surface area contributed by atoms with Crippen LogP contribution in [0, 0.1) is 0 Å². The molecule has 0 aromatic heterocycles. The highest BCUT2D eigenvalue weighted by Gasteiger charge is 2.33. The molecule has 1 aromatic carbocycles. The molecule has 2 atom stereocenters. The zero-order chi connectivity index (χ0) is 15.5. The molecule has 2 rings (SSSR count). The summed E-state index contributed by atoms with van der Waals surface area (Å²) in [5.74, 6) is 0.237. The second kappa shape index (κ2) is 6.66. The third kappa shape index (κ3) is 4.11. The Morgan fingerprint density at radius 2 is 1.95 bits per heavy atom. The zero-order valence-corrected chi connectivity index (χ0v) is 12.0. The lowest BCUT2D eigenvalue weighted by atomic mass is 9.95. The van der Waals surface area contributed by atoms with Gasteiger partial charge in [0, 0.05) is 20.1 Å². The molecule has 1 fully saturated rings. The summed E-state index contributed by atoms with van der Waals surface area (Å²) in [6.45, 7) is -0.149. The molecule has 1 aromatic rings. The number of benzene rings is 1. The number of hydrogen-bond acceptors (Lipinski definition) is 3. The minimum absolute atomic E-state index is 0.0771. The first kappa shape index (κ1) is 16.1. The second-order valence-electron chi connectivity index (χ2n) is 5.29. The predicted octanol–water partition coefficient (Wildman–Crippen LogP) is 3.50. The van der Waals surface area contributed by atoms with Gasteiger partial charge in [-0.2, -0.15) is 13.2 Å². The summed E-state index contributed by atoms with van der Waals surface area (Å²) in [5.41, 5.74) is 4.72. The molecular weight excluding hydrogens is 283 g/mol. The van der Waals surface area contributed by atoms with Gasteiger partial charge in [-0.15, -0.1) is 0 Å². The average molecular weight is 303 g/mol. The summed E-state index contributed by atoms with van der Waals surface area (Å²) in [6.07, 6.45) is -0.943. The first-order valence-corrected chi connectivity index (χ1v) is 7.03. The van der Waals surface area contributed by atoms with Gasteiger partial charge >= 0.3 is 6.18 Å². The van der Waals surface area contributed by atoms with E-state index in [0.29, 0.717) is 6.42 Å². The van der Waals surface area contributed by atoms with Crippen LogP contribution in [0.4, 0.5) is 13.2 Å². The fraction of sp³-hybridized carbons (Fsp3) is 0.600. The van der Waals surface area contributed by atoms with Crippen LogP contribution in [0.15, 0.2) is 18.2 Å². The third-order valence-corrected chi connectivity index (χ3v) is 3.82. The van der Waals surface area contributed by atoms with E-state index in [1.807, 2.05) is 0 Å². The molecule has 1 saturated carbocycles. The normalized spacial score (nSPS) is 23.1. The number of ether oxygens (including phenoxy) is 2. The number of halogens is 3. The third-order valence-electron chi connectivity index (χ3n) is 3.82. The number of rotatable bonds is 4. The Hall–Kier alpha value is -1.27. The van der Waals surface area contributed by atoms with Crippen molar-refractivity contribution in [3.63, 3.8) is 0 Å². The van der Waals surface area contributed by atoms with Gasteiger partial charge in [-0.3, -0.25) is 0 Å². The van der Waals surface area contributed by atoms with E-state index in [-0.39, 0.29) is 30.1 Å². The van der Waals surface area contributed by atoms with Crippen molar-refractivity contribution in [2.24, 2.45) is 5.73 Å². The highest BCUT2D eigenvalue weighted by atomic mass is 19.4. The van der Waals surface area contributed by atoms with E-state index >= 15 is 0 Å². The lowest BCUT2D eigenvalue weighted by Gasteiger charge is -2.29. The average Bonchev–Trinajstić information content (AvgIpc) is 2.46. The highest BCUT2D eigenvalue weighted by Crippen LogP contribution is 2.35. The molecule has 0 heterocycles. The summed E-state index contributed by atoms with van der Waals surface area (Å²) >= 11 is 0. The Morgan fingerprint density at radius 3 is 2.57 bits per heavy atom. The fourth-order valence-corrected chi connectivity index (χ4v) is 2.69. The lowest BCUT2D eigenvalue weighted by molar-refractivity contribution is -0.138. The summed E-state index contributed by atoms with van der Waals surface area (Å²) in [5, 5.41) is 0. The molecule has 1 aliphatic carbocycles. The monoisotopic (exact) mass is 303 g/mol. The van der Waals surface area contributed by atoms with Crippen LogP contribution < -0.4 is 10.5 Å². The standard InChI is InChI=1S/C15H20F3NO2/c1-20-11-3-2-4-12(7-11)21-13-6-5-10(9-19)14(8-13)15(16,17)18/h5-6,8,11-12H,2-4,7,9,19H2,1H3. The molecular formula is C15H20F3NO2. The molecule has 2 N–H and O–H groups in total. The van der Waals surface area contributed by atoms with E-state index in [2.05, 4.69) is 0 Å². The fourth-order valence-electron chi connectivity index (χ4n) is 2.69. The van der Waals surface area contributed by atoms with E-state index < -0.39 is 11.7 Å². The van der Waals surface area contributed by atoms with E-state index in [0.717, 1.165) is 25.3 Å². The Bertz CT molecular complexity index is 476. The van der Waals surface area contributed by atoms with Crippen LogP contribution in [-0.4, -0.2) is 19.3 Å². The van der Waals surface area contributed by atoms with Gasteiger partial charge < -0.3 is 15.2 Å². The molecule has 0 amide bonds. The molecule has 6 heteroatoms. The summed E-state index contributed by atoms with van der Waals surface area (Å²) in [7, 11) is 1.64. The van der Waals surface area contributed by atoms with Crippen LogP contribution >= 0.6 is 0 Å². The van der Waals surface area contributed by atoms with Gasteiger partial charge in [0.25, 0.3) is 0 Å². The van der Waals surface area contributed by atoms with Crippen molar-refractivity contribution in [3.05, 3.63) is 29.3 Å². The van der Waals surface area contributed by atoms with Gasteiger partial charge in [0.2, 0.25) is 0 Å². The minimum Gasteiger partial charge on any atom is -0.490 e. The van der Waals surface area contributed by atoms with Crippen molar-refractivity contribution in [1.29, 1.82) is 0 Å². The molecule has 2 unspecified atom stereocenters. The van der Waals surface area contributed by atoms with Gasteiger partial charge in [-0.1, -0.05) is 6.07 Å². The number of hydrogen-bond donors (Lipinski definition) is 1. The molecule has 0 bridgehead atoms. The zero-order valence-electron chi connectivity index (χ0n) is 12.0. The Kier molecular flexibility index (Phi) is 5.11. The van der Waals surface area contributed by atoms with Gasteiger partial charge in [0.15, 0.2) is 0 Å². The van der Waals surface area contributed by atoms with Crippen molar-refractivity contribution in [2.75, 3.05) is 7.11 Å². The summed E-state index contributed by atoms with van der Waals surface area (Å²) in [4.78, 5) is 0. The Labute approximate surface area is 122 Å². The molecule has 118 valence electrons. The van der Waals surface area contributed by atoms with Crippen molar-refractivity contribution >= 4 is 0 Å². The van der Waals surface area contributed by atoms with Crippen LogP contribution in [0.2, 0.25) is 0 Å². The lowest BCUT2D eigenvalue weighted by Crippen LogP contribution is -2.29. The maximum Gasteiger partial charge on any atom is 0.416 e. The first-order chi connectivity index (χ1) is 9.94. The smallest absolute Gasteiger partial charge is 0.416 e. The van der Waals surface area contributed by atoms with Crippen LogP contribution in [-0.2, 0) is 17.5 Å². The van der Waals surface area contributed by atoms with E-state index in [9.17, 15) is 13.2 Å². The van der Waals surface area contributed by atoms with Crippen molar-refractivity contribution in [3.8, 4) is 5.75 Å². The molecule has 0 aliphatic heterocycles. The molecule has 0 saturated heterocycles. The van der Waals surface area contributed by atoms with Gasteiger partial charge in [-0.05, 0) is 37.0 Å². The van der Waals surface area contributed by atoms with Gasteiger partial charge in [0.1, 0.15) is 11.9 Å². The first-order valence-electron chi connectivity index (χ1n) is 7.03. The van der Waals surface area contributed by atoms with Crippen molar-refractivity contribution in [2.45, 2.75) is 50.6 Å². The summed E-state index contributed by atoms with van der Waals surface area (Å²) < 4.78 is 49.9. The van der Waals surface area contributed by atoms with Crippen molar-refractivity contribution in [1.82, 2.24) is 0 Å². The Balaban J connectivity index is 2.13. The number of alkyl halides is 3. The van der Waals surface area contributed by atoms with Crippen LogP contribution in [0.1, 0.15) is 36.8 Å². The SMILES string of the molecule is COC1CCCC(Oc2ccc(CN)c(C(F)(F)F)c2)C1. The van der Waals surface area contributed by atoms with Gasteiger partial charge in [0.05, 0.1) is 11.7 Å². The number of nitrogens with two attached hydrogens (primary N) is 1. The Morgan fingerprint density at radius 1 is 1.24 bits per heavy atom. The topological polar surface area (TPSA) is 44.5 Å². The molecule has 0 radical (unpaired) electrons. The van der Waals surface area contributed by atoms with E-state index in [4.69, 9.17) is 15.2 Å². The molecule has 21 heavy (non-hydrogen) atoms. The van der Waals surface area contributed by atoms with Crippen LogP contribution in [0.25, 0.3) is 0 Å². The van der Waals surface area contributed by atoms with Crippen LogP contribution in [0.5, 0.6) is 5.75 Å². The summed E-state index contributed by atoms with van der Waals surface area (Å²) in [6, 6.07) is 3.97. The predicted molar refractivity (Wildman–Crippen MR) is 73.0 cm³/mol. The van der Waals surface area contributed by atoms with Gasteiger partial charge in [-0.25, -0.2) is 0 Å². The van der Waals surface area contributed by atoms with Crippen LogP contribution in [0.3, 0.4) is 0 Å². The quantitative estimate of drug-likeness (QED) is 0.926. The van der Waals surface area contributed by atoms with E-state index in [1.54, 1.807) is 13.2 Å². The molecule has 0 spiro atoms.